The molecular formula is C15H14ClFN2O2. The zero-order valence-corrected chi connectivity index (χ0v) is 12.3. The Morgan fingerprint density at radius 3 is 2.67 bits per heavy atom. The second kappa shape index (κ2) is 6.01. The van der Waals surface area contributed by atoms with Crippen LogP contribution in [-0.4, -0.2) is 13.1 Å². The lowest BCUT2D eigenvalue weighted by atomic mass is 10.1. The number of carbonyl (C=O) groups is 1. The highest BCUT2D eigenvalue weighted by Gasteiger charge is 2.16. The van der Waals surface area contributed by atoms with E-state index in [1.165, 1.54) is 25.3 Å². The van der Waals surface area contributed by atoms with Crippen LogP contribution in [0.5, 0.6) is 0 Å². The number of nitrogens with two attached hydrogens (primary N) is 1. The summed E-state index contributed by atoms with van der Waals surface area (Å²) in [5.74, 6) is -0.939. The Bertz CT molecular complexity index is 704. The van der Waals surface area contributed by atoms with Gasteiger partial charge in [-0.05, 0) is 36.8 Å². The van der Waals surface area contributed by atoms with Crippen LogP contribution in [-0.2, 0) is 4.74 Å². The molecule has 0 bridgehead atoms. The molecule has 21 heavy (non-hydrogen) atoms. The number of carbonyl (C=O) groups excluding carboxylic acids is 1. The Morgan fingerprint density at radius 2 is 2.05 bits per heavy atom. The molecular weight excluding hydrogens is 295 g/mol. The molecule has 0 fully saturated rings. The predicted octanol–water partition coefficient (Wildman–Crippen LogP) is 3.90. The van der Waals surface area contributed by atoms with Gasteiger partial charge in [-0.15, -0.1) is 0 Å². The fourth-order valence-corrected chi connectivity index (χ4v) is 2.12. The summed E-state index contributed by atoms with van der Waals surface area (Å²) in [7, 11) is 1.26. The lowest BCUT2D eigenvalue weighted by Crippen LogP contribution is -2.07. The number of anilines is 3. The summed E-state index contributed by atoms with van der Waals surface area (Å²) < 4.78 is 18.3. The molecule has 0 saturated carbocycles. The van der Waals surface area contributed by atoms with Crippen molar-refractivity contribution in [1.82, 2.24) is 0 Å². The molecule has 0 saturated heterocycles. The molecule has 0 heterocycles. The fraction of sp³-hybridized carbons (Fsp3) is 0.133. The number of nitrogen functional groups attached to an aromatic ring is 1. The van der Waals surface area contributed by atoms with Gasteiger partial charge in [0.2, 0.25) is 0 Å². The van der Waals surface area contributed by atoms with Crippen molar-refractivity contribution in [3.8, 4) is 0 Å². The molecule has 0 aliphatic rings. The van der Waals surface area contributed by atoms with Crippen molar-refractivity contribution in [2.45, 2.75) is 6.92 Å². The molecule has 6 heteroatoms. The van der Waals surface area contributed by atoms with Crippen LogP contribution in [0.3, 0.4) is 0 Å². The van der Waals surface area contributed by atoms with Crippen molar-refractivity contribution in [3.63, 3.8) is 0 Å². The third kappa shape index (κ3) is 3.25. The number of aryl methyl sites for hydroxylation is 1. The van der Waals surface area contributed by atoms with E-state index in [0.29, 0.717) is 22.6 Å². The zero-order chi connectivity index (χ0) is 15.6. The van der Waals surface area contributed by atoms with E-state index < -0.39 is 5.97 Å². The van der Waals surface area contributed by atoms with Crippen LogP contribution in [0.2, 0.25) is 5.02 Å². The second-order valence-electron chi connectivity index (χ2n) is 4.51. The third-order valence-corrected chi connectivity index (χ3v) is 3.26. The van der Waals surface area contributed by atoms with E-state index in [1.807, 2.05) is 0 Å². The average Bonchev–Trinajstić information content (AvgIpc) is 2.44. The molecule has 4 nitrogen and oxygen atoms in total. The van der Waals surface area contributed by atoms with E-state index >= 15 is 0 Å². The van der Waals surface area contributed by atoms with Gasteiger partial charge in [0.15, 0.2) is 0 Å². The number of nitrogens with one attached hydrogen (secondary N) is 1. The standard InChI is InChI=1S/C15H14ClFN2O2/c1-8-3-4-10(7-13(8)17)19-14-11(15(20)21-2)5-9(18)6-12(14)16/h3-7,19H,18H2,1-2H3. The maximum atomic E-state index is 13.6. The number of halogens is 2. The second-order valence-corrected chi connectivity index (χ2v) is 4.91. The quantitative estimate of drug-likeness (QED) is 0.666. The minimum atomic E-state index is -0.584. The summed E-state index contributed by atoms with van der Waals surface area (Å²) in [6.45, 7) is 1.66. The van der Waals surface area contributed by atoms with Gasteiger partial charge in [0.05, 0.1) is 23.4 Å². The van der Waals surface area contributed by atoms with Gasteiger partial charge in [-0.2, -0.15) is 0 Å². The van der Waals surface area contributed by atoms with Crippen LogP contribution in [0.1, 0.15) is 15.9 Å². The SMILES string of the molecule is COC(=O)c1cc(N)cc(Cl)c1Nc1ccc(C)c(F)c1. The molecule has 0 atom stereocenters. The summed E-state index contributed by atoms with van der Waals surface area (Å²) in [5, 5.41) is 3.17. The summed E-state index contributed by atoms with van der Waals surface area (Å²) in [4.78, 5) is 11.8. The Balaban J connectivity index is 2.47. The number of benzene rings is 2. The Hall–Kier alpha value is -2.27. The van der Waals surface area contributed by atoms with Crippen molar-refractivity contribution in [3.05, 3.63) is 52.3 Å². The van der Waals surface area contributed by atoms with Crippen LogP contribution in [0.15, 0.2) is 30.3 Å². The first-order valence-electron chi connectivity index (χ1n) is 6.13. The van der Waals surface area contributed by atoms with Crippen molar-refractivity contribution in [2.75, 3.05) is 18.2 Å². The van der Waals surface area contributed by atoms with Gasteiger partial charge in [-0.1, -0.05) is 17.7 Å². The van der Waals surface area contributed by atoms with E-state index in [4.69, 9.17) is 22.1 Å². The number of rotatable bonds is 3. The first kappa shape index (κ1) is 15.1. The first-order chi connectivity index (χ1) is 9.92. The summed E-state index contributed by atoms with van der Waals surface area (Å²) in [5.41, 5.74) is 7.51. The minimum absolute atomic E-state index is 0.184. The highest BCUT2D eigenvalue weighted by atomic mass is 35.5. The molecule has 2 aromatic carbocycles. The third-order valence-electron chi connectivity index (χ3n) is 2.96. The van der Waals surface area contributed by atoms with Gasteiger partial charge < -0.3 is 15.8 Å². The van der Waals surface area contributed by atoms with E-state index in [2.05, 4.69) is 5.32 Å². The Kier molecular flexibility index (Phi) is 4.33. The minimum Gasteiger partial charge on any atom is -0.465 e. The van der Waals surface area contributed by atoms with Crippen molar-refractivity contribution in [1.29, 1.82) is 0 Å². The molecule has 0 radical (unpaired) electrons. The topological polar surface area (TPSA) is 64.3 Å². The van der Waals surface area contributed by atoms with Gasteiger partial charge in [0.25, 0.3) is 0 Å². The lowest BCUT2D eigenvalue weighted by molar-refractivity contribution is 0.0602. The van der Waals surface area contributed by atoms with Crippen LogP contribution >= 0.6 is 11.6 Å². The molecule has 0 aliphatic heterocycles. The van der Waals surface area contributed by atoms with E-state index in [-0.39, 0.29) is 16.4 Å². The highest BCUT2D eigenvalue weighted by Crippen LogP contribution is 2.32. The van der Waals surface area contributed by atoms with E-state index in [9.17, 15) is 9.18 Å². The first-order valence-corrected chi connectivity index (χ1v) is 6.50. The maximum Gasteiger partial charge on any atom is 0.340 e. The van der Waals surface area contributed by atoms with Gasteiger partial charge in [-0.25, -0.2) is 9.18 Å². The number of ether oxygens (including phenoxy) is 1. The summed E-state index contributed by atoms with van der Waals surface area (Å²) >= 11 is 6.11. The van der Waals surface area contributed by atoms with Crippen LogP contribution in [0, 0.1) is 12.7 Å². The zero-order valence-electron chi connectivity index (χ0n) is 11.5. The molecule has 0 aromatic heterocycles. The predicted molar refractivity (Wildman–Crippen MR) is 81.6 cm³/mol. The summed E-state index contributed by atoms with van der Waals surface area (Å²) in [6, 6.07) is 7.58. The molecule has 0 amide bonds. The van der Waals surface area contributed by atoms with Crippen molar-refractivity contribution >= 4 is 34.6 Å². The number of hydrogen-bond acceptors (Lipinski definition) is 4. The fourth-order valence-electron chi connectivity index (χ4n) is 1.84. The molecule has 0 aliphatic carbocycles. The Morgan fingerprint density at radius 1 is 1.33 bits per heavy atom. The smallest absolute Gasteiger partial charge is 0.340 e. The van der Waals surface area contributed by atoms with E-state index in [0.717, 1.165) is 0 Å². The van der Waals surface area contributed by atoms with Crippen LogP contribution in [0.4, 0.5) is 21.5 Å². The monoisotopic (exact) mass is 308 g/mol. The number of hydrogen-bond donors (Lipinski definition) is 2. The van der Waals surface area contributed by atoms with Gasteiger partial charge in [-0.3, -0.25) is 0 Å². The van der Waals surface area contributed by atoms with Gasteiger partial charge in [0, 0.05) is 11.4 Å². The van der Waals surface area contributed by atoms with Crippen LogP contribution < -0.4 is 11.1 Å². The lowest BCUT2D eigenvalue weighted by Gasteiger charge is -2.14. The Labute approximate surface area is 126 Å². The molecule has 2 aromatic rings. The molecule has 3 N–H and O–H groups in total. The number of esters is 1. The molecule has 0 spiro atoms. The van der Waals surface area contributed by atoms with Crippen molar-refractivity contribution < 1.29 is 13.9 Å². The molecule has 0 unspecified atom stereocenters. The van der Waals surface area contributed by atoms with Crippen molar-refractivity contribution in [2.24, 2.45) is 0 Å². The van der Waals surface area contributed by atoms with Gasteiger partial charge in [0.1, 0.15) is 5.82 Å². The van der Waals surface area contributed by atoms with Gasteiger partial charge >= 0.3 is 5.97 Å². The summed E-state index contributed by atoms with van der Waals surface area (Å²) in [6.07, 6.45) is 0. The maximum absolute atomic E-state index is 13.6. The largest absolute Gasteiger partial charge is 0.465 e. The number of methoxy groups -OCH3 is 1. The normalized spacial score (nSPS) is 10.3. The van der Waals surface area contributed by atoms with Crippen LogP contribution in [0.25, 0.3) is 0 Å². The van der Waals surface area contributed by atoms with E-state index in [1.54, 1.807) is 19.1 Å². The molecule has 110 valence electrons. The average molecular weight is 309 g/mol. The highest BCUT2D eigenvalue weighted by molar-refractivity contribution is 6.34. The molecule has 2 rings (SSSR count).